The van der Waals surface area contributed by atoms with E-state index in [1.165, 1.54) is 6.07 Å². The molecule has 2 rings (SSSR count). The van der Waals surface area contributed by atoms with Crippen LogP contribution in [0.15, 0.2) is 12.3 Å². The maximum Gasteiger partial charge on any atom is 0.496 e. The Hall–Kier alpha value is -0.975. The van der Waals surface area contributed by atoms with Crippen LogP contribution in [0.2, 0.25) is 0 Å². The second-order valence-electron chi connectivity index (χ2n) is 5.44. The van der Waals surface area contributed by atoms with Gasteiger partial charge < -0.3 is 14.4 Å². The molecule has 1 fully saturated rings. The lowest BCUT2D eigenvalue weighted by Crippen LogP contribution is -2.41. The number of rotatable bonds is 2. The molecule has 0 unspecified atom stereocenters. The van der Waals surface area contributed by atoms with Crippen LogP contribution in [0.1, 0.15) is 33.4 Å². The Balaban J connectivity index is 2.37. The average Bonchev–Trinajstić information content (AvgIpc) is 2.48. The van der Waals surface area contributed by atoms with Crippen molar-refractivity contribution in [1.82, 2.24) is 4.98 Å². The van der Waals surface area contributed by atoms with Crippen molar-refractivity contribution >= 4 is 12.6 Å². The number of halogens is 1. The van der Waals surface area contributed by atoms with E-state index in [1.807, 2.05) is 27.7 Å². The predicted octanol–water partition coefficient (Wildman–Crippen LogP) is 1.01. The van der Waals surface area contributed by atoms with Gasteiger partial charge in [0.05, 0.1) is 29.7 Å². The maximum atomic E-state index is 13.3. The minimum Gasteiger partial charge on any atom is -0.399 e. The van der Waals surface area contributed by atoms with Gasteiger partial charge in [0, 0.05) is 5.46 Å². The number of aliphatic hydroxyl groups excluding tert-OH is 1. The zero-order valence-corrected chi connectivity index (χ0v) is 11.0. The standard InChI is InChI=1S/C12H17BFNO3/c1-11(2)12(3,4)18-13(17-11)9-5-8(14)6-15-10(9)7-16/h5-6,16H,7H2,1-4H3. The van der Waals surface area contributed by atoms with E-state index in [1.54, 1.807) is 0 Å². The molecule has 98 valence electrons. The summed E-state index contributed by atoms with van der Waals surface area (Å²) in [4.78, 5) is 3.85. The molecule has 1 N–H and O–H groups in total. The van der Waals surface area contributed by atoms with Gasteiger partial charge in [-0.1, -0.05) is 0 Å². The molecule has 6 heteroatoms. The highest BCUT2D eigenvalue weighted by atomic mass is 19.1. The number of hydrogen-bond donors (Lipinski definition) is 1. The second kappa shape index (κ2) is 4.29. The van der Waals surface area contributed by atoms with E-state index in [4.69, 9.17) is 9.31 Å². The van der Waals surface area contributed by atoms with Crippen LogP contribution in [0.4, 0.5) is 4.39 Å². The van der Waals surface area contributed by atoms with E-state index in [0.717, 1.165) is 6.20 Å². The van der Waals surface area contributed by atoms with E-state index in [2.05, 4.69) is 4.98 Å². The minimum atomic E-state index is -0.708. The number of nitrogens with zero attached hydrogens (tertiary/aromatic N) is 1. The third-order valence-corrected chi connectivity index (χ3v) is 3.63. The predicted molar refractivity (Wildman–Crippen MR) is 65.8 cm³/mol. The molecule has 0 aliphatic carbocycles. The summed E-state index contributed by atoms with van der Waals surface area (Å²) < 4.78 is 24.9. The van der Waals surface area contributed by atoms with Gasteiger partial charge in [0.15, 0.2) is 0 Å². The van der Waals surface area contributed by atoms with Crippen LogP contribution in [0, 0.1) is 5.82 Å². The van der Waals surface area contributed by atoms with Crippen molar-refractivity contribution in [2.75, 3.05) is 0 Å². The van der Waals surface area contributed by atoms with Crippen LogP contribution in [-0.2, 0) is 15.9 Å². The van der Waals surface area contributed by atoms with Gasteiger partial charge in [-0.2, -0.15) is 0 Å². The van der Waals surface area contributed by atoms with Gasteiger partial charge >= 0.3 is 7.12 Å². The molecule has 2 heterocycles. The SMILES string of the molecule is CC1(C)OB(c2cc(F)cnc2CO)OC1(C)C. The van der Waals surface area contributed by atoms with Crippen LogP contribution >= 0.6 is 0 Å². The second-order valence-corrected chi connectivity index (χ2v) is 5.44. The Morgan fingerprint density at radius 2 is 1.83 bits per heavy atom. The highest BCUT2D eigenvalue weighted by Crippen LogP contribution is 2.36. The van der Waals surface area contributed by atoms with Crippen LogP contribution in [0.25, 0.3) is 0 Å². The summed E-state index contributed by atoms with van der Waals surface area (Å²) in [5.74, 6) is -0.475. The molecule has 18 heavy (non-hydrogen) atoms. The van der Waals surface area contributed by atoms with Gasteiger partial charge in [-0.15, -0.1) is 0 Å². The van der Waals surface area contributed by atoms with Crippen LogP contribution in [-0.4, -0.2) is 28.4 Å². The molecule has 0 amide bonds. The molecular formula is C12H17BFNO3. The molecule has 0 atom stereocenters. The van der Waals surface area contributed by atoms with Crippen molar-refractivity contribution in [2.45, 2.75) is 45.5 Å². The van der Waals surface area contributed by atoms with Crippen molar-refractivity contribution in [1.29, 1.82) is 0 Å². The molecule has 1 aliphatic heterocycles. The smallest absolute Gasteiger partial charge is 0.399 e. The fourth-order valence-electron chi connectivity index (χ4n) is 1.79. The van der Waals surface area contributed by atoms with Gasteiger partial charge in [0.2, 0.25) is 0 Å². The molecule has 0 saturated carbocycles. The summed E-state index contributed by atoms with van der Waals surface area (Å²) in [6.45, 7) is 7.38. The first kappa shape index (κ1) is 13.5. The molecular weight excluding hydrogens is 236 g/mol. The van der Waals surface area contributed by atoms with Crippen molar-refractivity contribution in [3.8, 4) is 0 Å². The van der Waals surface area contributed by atoms with E-state index >= 15 is 0 Å². The van der Waals surface area contributed by atoms with Crippen molar-refractivity contribution in [3.63, 3.8) is 0 Å². The number of aromatic nitrogens is 1. The van der Waals surface area contributed by atoms with Gasteiger partial charge in [-0.25, -0.2) is 4.39 Å². The third-order valence-electron chi connectivity index (χ3n) is 3.63. The van der Waals surface area contributed by atoms with Crippen LogP contribution in [0.3, 0.4) is 0 Å². The molecule has 0 aromatic carbocycles. The molecule has 1 aromatic heterocycles. The minimum absolute atomic E-state index is 0.278. The van der Waals surface area contributed by atoms with Gasteiger partial charge in [-0.3, -0.25) is 4.98 Å². The third kappa shape index (κ3) is 2.16. The Morgan fingerprint density at radius 3 is 2.33 bits per heavy atom. The highest BCUT2D eigenvalue weighted by Gasteiger charge is 2.52. The topological polar surface area (TPSA) is 51.6 Å². The lowest BCUT2D eigenvalue weighted by Gasteiger charge is -2.32. The maximum absolute atomic E-state index is 13.3. The van der Waals surface area contributed by atoms with Gasteiger partial charge in [-0.05, 0) is 33.8 Å². The van der Waals surface area contributed by atoms with E-state index in [-0.39, 0.29) is 6.61 Å². The first-order valence-corrected chi connectivity index (χ1v) is 5.87. The summed E-state index contributed by atoms with van der Waals surface area (Å²) in [6, 6.07) is 1.29. The van der Waals surface area contributed by atoms with Crippen LogP contribution in [0.5, 0.6) is 0 Å². The van der Waals surface area contributed by atoms with Crippen LogP contribution < -0.4 is 5.46 Å². The van der Waals surface area contributed by atoms with E-state index in [0.29, 0.717) is 11.2 Å². The van der Waals surface area contributed by atoms with Crippen molar-refractivity contribution < 1.29 is 18.8 Å². The molecule has 4 nitrogen and oxygen atoms in total. The Bertz CT molecular complexity index is 449. The molecule has 1 aromatic rings. The van der Waals surface area contributed by atoms with E-state index < -0.39 is 24.1 Å². The summed E-state index contributed by atoms with van der Waals surface area (Å²) in [6.07, 6.45) is 1.07. The first-order chi connectivity index (χ1) is 8.27. The number of pyridine rings is 1. The molecule has 1 aliphatic rings. The molecule has 0 bridgehead atoms. The zero-order chi connectivity index (χ0) is 13.6. The Labute approximate surface area is 106 Å². The normalized spacial score (nSPS) is 21.3. The summed E-state index contributed by atoms with van der Waals surface area (Å²) in [7, 11) is -0.708. The largest absolute Gasteiger partial charge is 0.496 e. The van der Waals surface area contributed by atoms with E-state index in [9.17, 15) is 9.50 Å². The molecule has 0 radical (unpaired) electrons. The van der Waals surface area contributed by atoms with Crippen molar-refractivity contribution in [2.24, 2.45) is 0 Å². The molecule has 1 saturated heterocycles. The Kier molecular flexibility index (Phi) is 3.21. The lowest BCUT2D eigenvalue weighted by atomic mass is 9.78. The Morgan fingerprint density at radius 1 is 1.28 bits per heavy atom. The van der Waals surface area contributed by atoms with Gasteiger partial charge in [0.25, 0.3) is 0 Å². The zero-order valence-electron chi connectivity index (χ0n) is 11.0. The number of hydrogen-bond acceptors (Lipinski definition) is 4. The van der Waals surface area contributed by atoms with Crippen molar-refractivity contribution in [3.05, 3.63) is 23.8 Å². The summed E-state index contributed by atoms with van der Waals surface area (Å²) >= 11 is 0. The fourth-order valence-corrected chi connectivity index (χ4v) is 1.79. The summed E-state index contributed by atoms with van der Waals surface area (Å²) in [5.41, 5.74) is -0.195. The van der Waals surface area contributed by atoms with Gasteiger partial charge in [0.1, 0.15) is 5.82 Å². The summed E-state index contributed by atoms with van der Waals surface area (Å²) in [5, 5.41) is 9.23. The first-order valence-electron chi connectivity index (χ1n) is 5.87. The molecule has 0 spiro atoms. The monoisotopic (exact) mass is 253 g/mol. The lowest BCUT2D eigenvalue weighted by molar-refractivity contribution is 0.00578. The fraction of sp³-hybridized carbons (Fsp3) is 0.583. The number of aliphatic hydroxyl groups is 1. The highest BCUT2D eigenvalue weighted by molar-refractivity contribution is 6.62. The average molecular weight is 253 g/mol. The quantitative estimate of drug-likeness (QED) is 0.799.